The van der Waals surface area contributed by atoms with Gasteiger partial charge in [-0.3, -0.25) is 0 Å². The molecule has 1 aliphatic carbocycles. The number of hydrogen-bond acceptors (Lipinski definition) is 2. The van der Waals surface area contributed by atoms with Crippen molar-refractivity contribution in [3.8, 4) is 11.5 Å². The Balaban J connectivity index is 2.21. The maximum atomic E-state index is 9.65. The van der Waals surface area contributed by atoms with E-state index in [9.17, 15) is 5.11 Å². The summed E-state index contributed by atoms with van der Waals surface area (Å²) in [6.07, 6.45) is 6.28. The summed E-state index contributed by atoms with van der Waals surface area (Å²) >= 11 is 17.9. The van der Waals surface area contributed by atoms with Crippen LogP contribution in [0.4, 0.5) is 0 Å². The zero-order valence-corrected chi connectivity index (χ0v) is 10.9. The first kappa shape index (κ1) is 12.6. The highest BCUT2D eigenvalue weighted by atomic mass is 35.5. The maximum Gasteiger partial charge on any atom is 0.176 e. The molecule has 0 amide bonds. The molecule has 2 rings (SSSR count). The number of benzene rings is 1. The van der Waals surface area contributed by atoms with Crippen molar-refractivity contribution >= 4 is 34.8 Å². The number of phenolic OH excluding ortho intramolecular Hbond substituents is 1. The van der Waals surface area contributed by atoms with Gasteiger partial charge in [-0.15, -0.1) is 0 Å². The molecule has 1 aromatic carbocycles. The summed E-state index contributed by atoms with van der Waals surface area (Å²) in [5.41, 5.74) is 0. The van der Waals surface area contributed by atoms with Gasteiger partial charge >= 0.3 is 0 Å². The minimum atomic E-state index is -1.15. The maximum absolute atomic E-state index is 9.65. The second-order valence-electron chi connectivity index (χ2n) is 3.57. The summed E-state index contributed by atoms with van der Waals surface area (Å²) < 4.78 is 4.39. The molecule has 0 fully saturated rings. The third kappa shape index (κ3) is 2.89. The standard InChI is InChI=1S/C12H9Cl3O2/c13-8-4-5-10(9(16)7-8)17-11-3-1-2-6-12(11,14)15/h1-7,11,16H. The van der Waals surface area contributed by atoms with Crippen LogP contribution in [0.2, 0.25) is 5.02 Å². The molecule has 17 heavy (non-hydrogen) atoms. The number of ether oxygens (including phenoxy) is 1. The summed E-state index contributed by atoms with van der Waals surface area (Å²) in [6.45, 7) is 0. The highest BCUT2D eigenvalue weighted by Crippen LogP contribution is 2.36. The van der Waals surface area contributed by atoms with Crippen LogP contribution < -0.4 is 4.74 Å². The molecule has 0 radical (unpaired) electrons. The summed E-state index contributed by atoms with van der Waals surface area (Å²) in [6, 6.07) is 4.57. The number of hydrogen-bond donors (Lipinski definition) is 1. The second kappa shape index (κ2) is 4.81. The lowest BCUT2D eigenvalue weighted by atomic mass is 10.1. The molecular formula is C12H9Cl3O2. The molecule has 0 bridgehead atoms. The lowest BCUT2D eigenvalue weighted by Gasteiger charge is -2.27. The van der Waals surface area contributed by atoms with Gasteiger partial charge in [0, 0.05) is 11.1 Å². The van der Waals surface area contributed by atoms with Crippen molar-refractivity contribution in [1.82, 2.24) is 0 Å². The van der Waals surface area contributed by atoms with Gasteiger partial charge in [0.15, 0.2) is 21.9 Å². The van der Waals surface area contributed by atoms with Crippen LogP contribution >= 0.6 is 34.8 Å². The first-order valence-electron chi connectivity index (χ1n) is 4.88. The molecule has 1 aliphatic rings. The molecule has 0 saturated heterocycles. The fourth-order valence-electron chi connectivity index (χ4n) is 1.42. The largest absolute Gasteiger partial charge is 0.504 e. The molecule has 2 nitrogen and oxygen atoms in total. The minimum absolute atomic E-state index is 0.0513. The van der Waals surface area contributed by atoms with Gasteiger partial charge in [-0.2, -0.15) is 0 Å². The second-order valence-corrected chi connectivity index (χ2v) is 5.45. The van der Waals surface area contributed by atoms with E-state index in [-0.39, 0.29) is 11.5 Å². The zero-order valence-electron chi connectivity index (χ0n) is 8.61. The highest BCUT2D eigenvalue weighted by molar-refractivity contribution is 6.50. The predicted octanol–water partition coefficient (Wildman–Crippen LogP) is 4.09. The van der Waals surface area contributed by atoms with Crippen LogP contribution in [0, 0.1) is 0 Å². The number of alkyl halides is 2. The van der Waals surface area contributed by atoms with E-state index < -0.39 is 10.4 Å². The van der Waals surface area contributed by atoms with E-state index in [2.05, 4.69) is 0 Å². The lowest BCUT2D eigenvalue weighted by Crippen LogP contribution is -2.34. The van der Waals surface area contributed by atoms with Crippen molar-refractivity contribution < 1.29 is 9.84 Å². The molecule has 1 atom stereocenters. The molecule has 0 aromatic heterocycles. The van der Waals surface area contributed by atoms with Gasteiger partial charge in [-0.1, -0.05) is 47.0 Å². The van der Waals surface area contributed by atoms with E-state index in [0.29, 0.717) is 5.02 Å². The average molecular weight is 292 g/mol. The molecular weight excluding hydrogens is 282 g/mol. The summed E-state index contributed by atoms with van der Waals surface area (Å²) in [4.78, 5) is 0. The molecule has 1 unspecified atom stereocenters. The Morgan fingerprint density at radius 2 is 2.00 bits per heavy atom. The number of halogens is 3. The average Bonchev–Trinajstić information content (AvgIpc) is 2.24. The van der Waals surface area contributed by atoms with E-state index in [1.807, 2.05) is 0 Å². The Hall–Kier alpha value is -0.830. The van der Waals surface area contributed by atoms with Crippen molar-refractivity contribution in [2.45, 2.75) is 10.4 Å². The molecule has 1 N–H and O–H groups in total. The van der Waals surface area contributed by atoms with Crippen LogP contribution in [-0.2, 0) is 0 Å². The Kier molecular flexibility index (Phi) is 3.57. The van der Waals surface area contributed by atoms with Crippen LogP contribution in [-0.4, -0.2) is 15.5 Å². The molecule has 0 aliphatic heterocycles. The van der Waals surface area contributed by atoms with Gasteiger partial charge < -0.3 is 9.84 Å². The summed E-state index contributed by atoms with van der Waals surface area (Å²) in [5.74, 6) is 0.231. The van der Waals surface area contributed by atoms with E-state index in [4.69, 9.17) is 39.5 Å². The van der Waals surface area contributed by atoms with Crippen LogP contribution in [0.25, 0.3) is 0 Å². The fourth-order valence-corrected chi connectivity index (χ4v) is 1.96. The summed E-state index contributed by atoms with van der Waals surface area (Å²) in [7, 11) is 0. The van der Waals surface area contributed by atoms with Gasteiger partial charge in [0.2, 0.25) is 0 Å². The van der Waals surface area contributed by atoms with E-state index in [1.54, 1.807) is 36.4 Å². The third-order valence-corrected chi connectivity index (χ3v) is 3.19. The third-order valence-electron chi connectivity index (χ3n) is 2.27. The normalized spacial score (nSPS) is 21.5. The molecule has 5 heteroatoms. The van der Waals surface area contributed by atoms with Crippen molar-refractivity contribution in [3.05, 3.63) is 47.5 Å². The van der Waals surface area contributed by atoms with Crippen molar-refractivity contribution in [3.63, 3.8) is 0 Å². The van der Waals surface area contributed by atoms with Gasteiger partial charge in [-0.25, -0.2) is 0 Å². The highest BCUT2D eigenvalue weighted by Gasteiger charge is 2.34. The molecule has 0 heterocycles. The number of rotatable bonds is 2. The first-order chi connectivity index (χ1) is 7.99. The first-order valence-corrected chi connectivity index (χ1v) is 6.01. The van der Waals surface area contributed by atoms with Gasteiger partial charge in [0.25, 0.3) is 0 Å². The molecule has 1 aromatic rings. The van der Waals surface area contributed by atoms with Gasteiger partial charge in [0.05, 0.1) is 0 Å². The minimum Gasteiger partial charge on any atom is -0.504 e. The van der Waals surface area contributed by atoms with E-state index >= 15 is 0 Å². The SMILES string of the molecule is Oc1cc(Cl)ccc1OC1C=CC=CC1(Cl)Cl. The number of phenols is 1. The smallest absolute Gasteiger partial charge is 0.176 e. The quantitative estimate of drug-likeness (QED) is 0.832. The van der Waals surface area contributed by atoms with Crippen molar-refractivity contribution in [2.75, 3.05) is 0 Å². The zero-order chi connectivity index (χ0) is 12.5. The number of allylic oxidation sites excluding steroid dienone is 2. The van der Waals surface area contributed by atoms with E-state index in [1.165, 1.54) is 6.07 Å². The monoisotopic (exact) mass is 290 g/mol. The van der Waals surface area contributed by atoms with Crippen molar-refractivity contribution in [2.24, 2.45) is 0 Å². The van der Waals surface area contributed by atoms with Crippen LogP contribution in [0.5, 0.6) is 11.5 Å². The Morgan fingerprint density at radius 3 is 2.65 bits per heavy atom. The van der Waals surface area contributed by atoms with Crippen LogP contribution in [0.1, 0.15) is 0 Å². The van der Waals surface area contributed by atoms with E-state index in [0.717, 1.165) is 0 Å². The topological polar surface area (TPSA) is 29.5 Å². The Labute approximate surface area is 114 Å². The molecule has 90 valence electrons. The van der Waals surface area contributed by atoms with Gasteiger partial charge in [-0.05, 0) is 24.3 Å². The predicted molar refractivity (Wildman–Crippen MR) is 70.2 cm³/mol. The van der Waals surface area contributed by atoms with Crippen molar-refractivity contribution in [1.29, 1.82) is 0 Å². The summed E-state index contributed by atoms with van der Waals surface area (Å²) in [5, 5.41) is 10.1. The Morgan fingerprint density at radius 1 is 1.24 bits per heavy atom. The number of aromatic hydroxyl groups is 1. The molecule has 0 saturated carbocycles. The lowest BCUT2D eigenvalue weighted by molar-refractivity contribution is 0.233. The fraction of sp³-hybridized carbons (Fsp3) is 0.167. The van der Waals surface area contributed by atoms with Crippen LogP contribution in [0.3, 0.4) is 0 Å². The molecule has 0 spiro atoms. The van der Waals surface area contributed by atoms with Gasteiger partial charge in [0.1, 0.15) is 0 Å². The van der Waals surface area contributed by atoms with Crippen LogP contribution in [0.15, 0.2) is 42.5 Å². The Bertz CT molecular complexity index is 481.